The summed E-state index contributed by atoms with van der Waals surface area (Å²) in [7, 11) is 0. The summed E-state index contributed by atoms with van der Waals surface area (Å²) in [6.07, 6.45) is -5.02. The van der Waals surface area contributed by atoms with Crippen molar-refractivity contribution in [2.75, 3.05) is 0 Å². The molecule has 5 nitrogen and oxygen atoms in total. The number of halogens is 4. The van der Waals surface area contributed by atoms with Gasteiger partial charge in [0.05, 0.1) is 10.6 Å². The van der Waals surface area contributed by atoms with Gasteiger partial charge in [0.25, 0.3) is 0 Å². The number of hydrogen-bond donors (Lipinski definition) is 0. The lowest BCUT2D eigenvalue weighted by atomic mass is 10.2. The third kappa shape index (κ3) is 3.55. The maximum absolute atomic E-state index is 12.0. The van der Waals surface area contributed by atoms with Gasteiger partial charge in [-0.05, 0) is 12.5 Å². The Kier molecular flexibility index (Phi) is 3.91. The first-order chi connectivity index (χ1) is 7.74. The Balaban J connectivity index is 3.29. The highest BCUT2D eigenvalue weighted by atomic mass is 79.9. The van der Waals surface area contributed by atoms with Gasteiger partial charge in [0, 0.05) is 11.4 Å². The molecule has 0 aliphatic carbocycles. The number of aromatic nitrogens is 1. The molecular formula is C8H6BrF3N2O3. The number of aryl methyl sites for hydroxylation is 1. The van der Waals surface area contributed by atoms with E-state index in [1.165, 1.54) is 6.92 Å². The normalized spacial score (nSPS) is 11.4. The zero-order chi connectivity index (χ0) is 13.2. The SMILES string of the molecule is Cc1cc([N+](=O)[O-])c(OC(F)(F)F)nc1CBr. The molecular weight excluding hydrogens is 309 g/mol. The third-order valence-electron chi connectivity index (χ3n) is 1.80. The molecule has 0 amide bonds. The van der Waals surface area contributed by atoms with Crippen LogP contribution in [0.3, 0.4) is 0 Å². The van der Waals surface area contributed by atoms with Crippen LogP contribution in [0.5, 0.6) is 5.88 Å². The van der Waals surface area contributed by atoms with Crippen molar-refractivity contribution in [3.05, 3.63) is 27.4 Å². The molecule has 1 aromatic heterocycles. The molecule has 0 atom stereocenters. The lowest BCUT2D eigenvalue weighted by Gasteiger charge is -2.10. The van der Waals surface area contributed by atoms with E-state index in [9.17, 15) is 23.3 Å². The van der Waals surface area contributed by atoms with Gasteiger partial charge in [-0.1, -0.05) is 15.9 Å². The molecule has 0 bridgehead atoms. The summed E-state index contributed by atoms with van der Waals surface area (Å²) >= 11 is 3.01. The van der Waals surface area contributed by atoms with Crippen molar-refractivity contribution in [2.45, 2.75) is 18.6 Å². The van der Waals surface area contributed by atoms with Gasteiger partial charge in [0.1, 0.15) is 0 Å². The van der Waals surface area contributed by atoms with E-state index in [-0.39, 0.29) is 11.0 Å². The molecule has 1 aromatic rings. The number of hydrogen-bond acceptors (Lipinski definition) is 4. The Labute approximate surface area is 102 Å². The molecule has 94 valence electrons. The van der Waals surface area contributed by atoms with Crippen molar-refractivity contribution >= 4 is 21.6 Å². The summed E-state index contributed by atoms with van der Waals surface area (Å²) in [4.78, 5) is 13.1. The van der Waals surface area contributed by atoms with Gasteiger partial charge < -0.3 is 4.74 Å². The van der Waals surface area contributed by atoms with E-state index in [4.69, 9.17) is 0 Å². The number of nitro groups is 1. The average Bonchev–Trinajstić information content (AvgIpc) is 2.17. The number of rotatable bonds is 3. The van der Waals surface area contributed by atoms with Crippen LogP contribution in [0.4, 0.5) is 18.9 Å². The summed E-state index contributed by atoms with van der Waals surface area (Å²) < 4.78 is 39.6. The van der Waals surface area contributed by atoms with Crippen molar-refractivity contribution in [1.82, 2.24) is 4.98 Å². The van der Waals surface area contributed by atoms with Crippen LogP contribution in [0.25, 0.3) is 0 Å². The van der Waals surface area contributed by atoms with Crippen molar-refractivity contribution in [2.24, 2.45) is 0 Å². The molecule has 0 saturated carbocycles. The van der Waals surface area contributed by atoms with Crippen LogP contribution < -0.4 is 4.74 Å². The molecule has 0 saturated heterocycles. The fourth-order valence-corrected chi connectivity index (χ4v) is 1.64. The lowest BCUT2D eigenvalue weighted by Crippen LogP contribution is -2.19. The minimum absolute atomic E-state index is 0.172. The average molecular weight is 315 g/mol. The van der Waals surface area contributed by atoms with Crippen LogP contribution in [0.1, 0.15) is 11.3 Å². The first-order valence-corrected chi connectivity index (χ1v) is 5.33. The maximum atomic E-state index is 12.0. The standard InChI is InChI=1S/C8H6BrF3N2O3/c1-4-2-6(14(15)16)7(13-5(4)3-9)17-8(10,11)12/h2H,3H2,1H3. The summed E-state index contributed by atoms with van der Waals surface area (Å²) in [5, 5.41) is 10.7. The van der Waals surface area contributed by atoms with Crippen molar-refractivity contribution < 1.29 is 22.8 Å². The molecule has 0 N–H and O–H groups in total. The summed E-state index contributed by atoms with van der Waals surface area (Å²) in [5.74, 6) is -1.05. The molecule has 0 aromatic carbocycles. The summed E-state index contributed by atoms with van der Waals surface area (Å²) in [6.45, 7) is 1.51. The van der Waals surface area contributed by atoms with Gasteiger partial charge in [-0.3, -0.25) is 10.1 Å². The van der Waals surface area contributed by atoms with Crippen LogP contribution >= 0.6 is 15.9 Å². The molecule has 17 heavy (non-hydrogen) atoms. The highest BCUT2D eigenvalue weighted by molar-refractivity contribution is 9.08. The van der Waals surface area contributed by atoms with Crippen molar-refractivity contribution in [3.63, 3.8) is 0 Å². The second kappa shape index (κ2) is 4.86. The molecule has 0 aliphatic rings. The van der Waals surface area contributed by atoms with E-state index in [2.05, 4.69) is 25.7 Å². The van der Waals surface area contributed by atoms with Crippen LogP contribution in [0.15, 0.2) is 6.07 Å². The molecule has 9 heteroatoms. The van der Waals surface area contributed by atoms with Gasteiger partial charge in [-0.25, -0.2) is 4.98 Å². The highest BCUT2D eigenvalue weighted by Crippen LogP contribution is 2.32. The molecule has 1 heterocycles. The fraction of sp³-hybridized carbons (Fsp3) is 0.375. The molecule has 0 radical (unpaired) electrons. The molecule has 0 unspecified atom stereocenters. The number of alkyl halides is 4. The Morgan fingerprint density at radius 3 is 2.59 bits per heavy atom. The highest BCUT2D eigenvalue weighted by Gasteiger charge is 2.35. The monoisotopic (exact) mass is 314 g/mol. The lowest BCUT2D eigenvalue weighted by molar-refractivity contribution is -0.389. The topological polar surface area (TPSA) is 65.3 Å². The largest absolute Gasteiger partial charge is 0.574 e. The smallest absolute Gasteiger partial charge is 0.381 e. The van der Waals surface area contributed by atoms with Gasteiger partial charge >= 0.3 is 17.9 Å². The van der Waals surface area contributed by atoms with Crippen molar-refractivity contribution in [1.29, 1.82) is 0 Å². The first-order valence-electron chi connectivity index (χ1n) is 4.21. The quantitative estimate of drug-likeness (QED) is 0.488. The van der Waals surface area contributed by atoms with E-state index >= 15 is 0 Å². The van der Waals surface area contributed by atoms with E-state index in [0.717, 1.165) is 6.07 Å². The van der Waals surface area contributed by atoms with E-state index in [1.807, 2.05) is 0 Å². The maximum Gasteiger partial charge on any atom is 0.574 e. The van der Waals surface area contributed by atoms with Gasteiger partial charge in [-0.15, -0.1) is 13.2 Å². The second-order valence-corrected chi connectivity index (χ2v) is 3.58. The van der Waals surface area contributed by atoms with Gasteiger partial charge in [0.15, 0.2) is 0 Å². The van der Waals surface area contributed by atoms with E-state index in [1.54, 1.807) is 0 Å². The van der Waals surface area contributed by atoms with E-state index < -0.39 is 22.9 Å². The Hall–Kier alpha value is -1.38. The fourth-order valence-electron chi connectivity index (χ4n) is 1.07. The third-order valence-corrected chi connectivity index (χ3v) is 2.33. The second-order valence-electron chi connectivity index (χ2n) is 3.01. The minimum atomic E-state index is -5.02. The van der Waals surface area contributed by atoms with Crippen molar-refractivity contribution in [3.8, 4) is 5.88 Å². The molecule has 0 spiro atoms. The van der Waals surface area contributed by atoms with E-state index in [0.29, 0.717) is 5.56 Å². The molecule has 0 aliphatic heterocycles. The Morgan fingerprint density at radius 1 is 1.59 bits per heavy atom. The predicted molar refractivity (Wildman–Crippen MR) is 54.9 cm³/mol. The van der Waals surface area contributed by atoms with Gasteiger partial charge in [-0.2, -0.15) is 0 Å². The van der Waals surface area contributed by atoms with Crippen LogP contribution in [0, 0.1) is 17.0 Å². The minimum Gasteiger partial charge on any atom is -0.381 e. The van der Waals surface area contributed by atoms with Crippen LogP contribution in [-0.4, -0.2) is 16.3 Å². The van der Waals surface area contributed by atoms with Gasteiger partial charge in [0.2, 0.25) is 0 Å². The zero-order valence-electron chi connectivity index (χ0n) is 8.42. The molecule has 0 fully saturated rings. The van der Waals surface area contributed by atoms with Crippen LogP contribution in [-0.2, 0) is 5.33 Å². The summed E-state index contributed by atoms with van der Waals surface area (Å²) in [5.41, 5.74) is -0.164. The Morgan fingerprint density at radius 2 is 2.18 bits per heavy atom. The number of nitrogens with zero attached hydrogens (tertiary/aromatic N) is 2. The Bertz CT molecular complexity index is 450. The first kappa shape index (κ1) is 13.7. The number of pyridine rings is 1. The van der Waals surface area contributed by atoms with Crippen LogP contribution in [0.2, 0.25) is 0 Å². The predicted octanol–water partition coefficient (Wildman–Crippen LogP) is 3.09. The number of ether oxygens (including phenoxy) is 1. The zero-order valence-corrected chi connectivity index (χ0v) is 10.0. The molecule has 1 rings (SSSR count). The summed E-state index contributed by atoms with van der Waals surface area (Å²) in [6, 6.07) is 0.991.